The van der Waals surface area contributed by atoms with Crippen LogP contribution in [-0.2, 0) is 16.3 Å². The summed E-state index contributed by atoms with van der Waals surface area (Å²) in [6, 6.07) is 10.2. The molecule has 0 aromatic heterocycles. The lowest BCUT2D eigenvalue weighted by atomic mass is 9.80. The molecule has 186 valence electrons. The summed E-state index contributed by atoms with van der Waals surface area (Å²) in [5, 5.41) is -0.237. The Hall–Kier alpha value is -1.07. The van der Waals surface area contributed by atoms with Crippen LogP contribution in [0.5, 0.6) is 0 Å². The lowest BCUT2D eigenvalue weighted by Gasteiger charge is -2.41. The first-order chi connectivity index (χ1) is 15.9. The zero-order chi connectivity index (χ0) is 23.3. The Kier molecular flexibility index (Phi) is 8.78. The van der Waals surface area contributed by atoms with Crippen molar-refractivity contribution in [1.29, 1.82) is 0 Å². The van der Waals surface area contributed by atoms with Crippen molar-refractivity contribution >= 4 is 15.5 Å². The molecule has 4 nitrogen and oxygen atoms in total. The Morgan fingerprint density at radius 3 is 2.03 bits per heavy atom. The van der Waals surface area contributed by atoms with Crippen LogP contribution in [0.25, 0.3) is 0 Å². The van der Waals surface area contributed by atoms with Crippen LogP contribution < -0.4 is 4.90 Å². The SMILES string of the molecule is CC(C)S(=O)(=O)CC1CCC(CCc2ccc(N3CCN(C4CCCCC4)CC3)cc2)CC1. The van der Waals surface area contributed by atoms with Crippen LogP contribution >= 0.6 is 0 Å². The maximum absolute atomic E-state index is 12.2. The zero-order valence-corrected chi connectivity index (χ0v) is 21.9. The quantitative estimate of drug-likeness (QED) is 0.484. The van der Waals surface area contributed by atoms with Crippen LogP contribution in [0.2, 0.25) is 0 Å². The van der Waals surface area contributed by atoms with E-state index in [9.17, 15) is 8.42 Å². The number of anilines is 1. The topological polar surface area (TPSA) is 40.6 Å². The van der Waals surface area contributed by atoms with E-state index in [-0.39, 0.29) is 5.25 Å². The van der Waals surface area contributed by atoms with Gasteiger partial charge in [0.25, 0.3) is 0 Å². The van der Waals surface area contributed by atoms with Gasteiger partial charge in [0.05, 0.1) is 11.0 Å². The third-order valence-corrected chi connectivity index (χ3v) is 11.1. The number of sulfone groups is 1. The summed E-state index contributed by atoms with van der Waals surface area (Å²) >= 11 is 0. The fourth-order valence-corrected chi connectivity index (χ4v) is 7.62. The molecule has 33 heavy (non-hydrogen) atoms. The first-order valence-corrected chi connectivity index (χ1v) is 15.4. The zero-order valence-electron chi connectivity index (χ0n) is 21.1. The highest BCUT2D eigenvalue weighted by Gasteiger charge is 2.27. The third-order valence-electron chi connectivity index (χ3n) is 8.70. The van der Waals surface area contributed by atoms with Gasteiger partial charge in [-0.3, -0.25) is 4.90 Å². The fraction of sp³-hybridized carbons (Fsp3) is 0.786. The van der Waals surface area contributed by atoms with Gasteiger partial charge in [-0.1, -0.05) is 44.2 Å². The van der Waals surface area contributed by atoms with Gasteiger partial charge in [-0.15, -0.1) is 0 Å². The lowest BCUT2D eigenvalue weighted by molar-refractivity contribution is 0.148. The maximum Gasteiger partial charge on any atom is 0.152 e. The summed E-state index contributed by atoms with van der Waals surface area (Å²) in [4.78, 5) is 5.31. The van der Waals surface area contributed by atoms with Crippen LogP contribution in [0, 0.1) is 11.8 Å². The molecule has 0 N–H and O–H groups in total. The van der Waals surface area contributed by atoms with E-state index in [2.05, 4.69) is 34.1 Å². The van der Waals surface area contributed by atoms with Crippen LogP contribution in [0.4, 0.5) is 5.69 Å². The van der Waals surface area contributed by atoms with E-state index >= 15 is 0 Å². The summed E-state index contributed by atoms with van der Waals surface area (Å²) in [7, 11) is -2.90. The van der Waals surface area contributed by atoms with Gasteiger partial charge in [-0.25, -0.2) is 8.42 Å². The minimum Gasteiger partial charge on any atom is -0.369 e. The van der Waals surface area contributed by atoms with Gasteiger partial charge in [-0.05, 0) is 81.9 Å². The van der Waals surface area contributed by atoms with E-state index in [0.717, 1.165) is 44.3 Å². The van der Waals surface area contributed by atoms with Crippen LogP contribution in [-0.4, -0.2) is 56.5 Å². The number of rotatable bonds is 8. The number of benzene rings is 1. The molecular weight excluding hydrogens is 428 g/mol. The number of nitrogens with zero attached hydrogens (tertiary/aromatic N) is 2. The predicted molar refractivity (Wildman–Crippen MR) is 140 cm³/mol. The van der Waals surface area contributed by atoms with E-state index in [4.69, 9.17) is 0 Å². The van der Waals surface area contributed by atoms with Crippen LogP contribution in [0.15, 0.2) is 24.3 Å². The Morgan fingerprint density at radius 2 is 1.42 bits per heavy atom. The van der Waals surface area contributed by atoms with E-state index in [1.54, 1.807) is 0 Å². The van der Waals surface area contributed by atoms with Gasteiger partial charge >= 0.3 is 0 Å². The second-order valence-corrected chi connectivity index (χ2v) is 13.9. The lowest BCUT2D eigenvalue weighted by Crippen LogP contribution is -2.50. The highest BCUT2D eigenvalue weighted by Crippen LogP contribution is 2.33. The van der Waals surface area contributed by atoms with Crippen molar-refractivity contribution in [3.63, 3.8) is 0 Å². The fourth-order valence-electron chi connectivity index (χ4n) is 6.24. The van der Waals surface area contributed by atoms with E-state index in [1.165, 1.54) is 75.7 Å². The molecule has 0 radical (unpaired) electrons. The summed E-state index contributed by atoms with van der Waals surface area (Å²) in [6.45, 7) is 8.37. The Balaban J connectivity index is 1.17. The average molecular weight is 475 g/mol. The average Bonchev–Trinajstić information content (AvgIpc) is 2.84. The summed E-state index contributed by atoms with van der Waals surface area (Å²) in [5.74, 6) is 1.54. The molecular formula is C28H46N2O2S. The van der Waals surface area contributed by atoms with Crippen molar-refractivity contribution in [3.05, 3.63) is 29.8 Å². The van der Waals surface area contributed by atoms with Crippen LogP contribution in [0.1, 0.15) is 83.6 Å². The molecule has 1 aliphatic heterocycles. The molecule has 2 aliphatic carbocycles. The molecule has 3 aliphatic rings. The molecule has 0 spiro atoms. The predicted octanol–water partition coefficient (Wildman–Crippen LogP) is 5.70. The smallest absolute Gasteiger partial charge is 0.152 e. The van der Waals surface area contributed by atoms with Crippen LogP contribution in [0.3, 0.4) is 0 Å². The maximum atomic E-state index is 12.2. The number of hydrogen-bond donors (Lipinski definition) is 0. The molecule has 0 bridgehead atoms. The van der Waals surface area contributed by atoms with Gasteiger partial charge in [0.15, 0.2) is 9.84 Å². The highest BCUT2D eigenvalue weighted by atomic mass is 32.2. The molecule has 1 saturated heterocycles. The first kappa shape index (κ1) is 25.0. The summed E-state index contributed by atoms with van der Waals surface area (Å²) in [6.07, 6.45) is 14.1. The molecule has 4 rings (SSSR count). The van der Waals surface area contributed by atoms with Gasteiger partial charge in [-0.2, -0.15) is 0 Å². The van der Waals surface area contributed by atoms with Crippen molar-refractivity contribution in [2.75, 3.05) is 36.8 Å². The monoisotopic (exact) mass is 474 g/mol. The Morgan fingerprint density at radius 1 is 0.818 bits per heavy atom. The second-order valence-electron chi connectivity index (χ2n) is 11.3. The Labute approximate surface area is 203 Å². The third kappa shape index (κ3) is 6.97. The van der Waals surface area contributed by atoms with Crippen molar-refractivity contribution in [2.24, 2.45) is 11.8 Å². The minimum atomic E-state index is -2.90. The normalized spacial score (nSPS) is 26.1. The molecule has 5 heteroatoms. The van der Waals surface area contributed by atoms with Crippen molar-refractivity contribution in [3.8, 4) is 0 Å². The standard InChI is InChI=1S/C28H46N2O2S/c1-23(2)33(31,32)22-26-12-10-24(11-13-26)8-9-25-14-16-28(17-15-25)30-20-18-29(19-21-30)27-6-4-3-5-7-27/h14-17,23-24,26-27H,3-13,18-22H2,1-2H3. The van der Waals surface area contributed by atoms with E-state index < -0.39 is 9.84 Å². The summed E-state index contributed by atoms with van der Waals surface area (Å²) in [5.41, 5.74) is 2.83. The van der Waals surface area contributed by atoms with Gasteiger partial charge < -0.3 is 4.90 Å². The van der Waals surface area contributed by atoms with Gasteiger partial charge in [0.2, 0.25) is 0 Å². The Bertz CT molecular complexity index is 814. The highest BCUT2D eigenvalue weighted by molar-refractivity contribution is 7.91. The number of piperazine rings is 1. The first-order valence-electron chi connectivity index (χ1n) is 13.7. The number of aryl methyl sites for hydroxylation is 1. The van der Waals surface area contributed by atoms with E-state index in [1.807, 2.05) is 13.8 Å². The molecule has 0 unspecified atom stereocenters. The molecule has 0 amide bonds. The van der Waals surface area contributed by atoms with Crippen molar-refractivity contribution in [1.82, 2.24) is 4.90 Å². The molecule has 2 saturated carbocycles. The van der Waals surface area contributed by atoms with Crippen molar-refractivity contribution < 1.29 is 8.42 Å². The molecule has 3 fully saturated rings. The second kappa shape index (κ2) is 11.6. The molecule has 1 aromatic rings. The summed E-state index contributed by atoms with van der Waals surface area (Å²) < 4.78 is 24.4. The van der Waals surface area contributed by atoms with Crippen molar-refractivity contribution in [2.45, 2.75) is 95.8 Å². The van der Waals surface area contributed by atoms with E-state index in [0.29, 0.717) is 11.7 Å². The van der Waals surface area contributed by atoms with Gasteiger partial charge in [0, 0.05) is 37.9 Å². The number of hydrogen-bond acceptors (Lipinski definition) is 4. The van der Waals surface area contributed by atoms with Gasteiger partial charge in [0.1, 0.15) is 0 Å². The molecule has 1 aromatic carbocycles. The molecule has 0 atom stereocenters. The molecule has 1 heterocycles. The largest absolute Gasteiger partial charge is 0.369 e. The minimum absolute atomic E-state index is 0.237.